The molecule has 1 fully saturated rings. The van der Waals surface area contributed by atoms with E-state index in [1.807, 2.05) is 0 Å². The van der Waals surface area contributed by atoms with Gasteiger partial charge in [0, 0.05) is 23.2 Å². The van der Waals surface area contributed by atoms with Crippen LogP contribution in [-0.2, 0) is 14.3 Å². The summed E-state index contributed by atoms with van der Waals surface area (Å²) in [7, 11) is 0. The molecule has 0 spiro atoms. The van der Waals surface area contributed by atoms with Gasteiger partial charge in [-0.15, -0.1) is 23.2 Å². The molecule has 1 aliphatic rings. The van der Waals surface area contributed by atoms with E-state index in [9.17, 15) is 14.4 Å². The molecule has 5 nitrogen and oxygen atoms in total. The second-order valence-corrected chi connectivity index (χ2v) is 8.52. The number of benzene rings is 2. The smallest absolute Gasteiger partial charge is 0.316 e. The normalized spacial score (nSPS) is 20.7. The first kappa shape index (κ1) is 20.4. The Morgan fingerprint density at radius 2 is 1.71 bits per heavy atom. The second kappa shape index (κ2) is 7.57. The van der Waals surface area contributed by atoms with Crippen molar-refractivity contribution >= 4 is 46.5 Å². The zero-order chi connectivity index (χ0) is 20.5. The van der Waals surface area contributed by atoms with Gasteiger partial charge in [-0.1, -0.05) is 42.5 Å². The first-order valence-electron chi connectivity index (χ1n) is 8.70. The topological polar surface area (TPSA) is 72.5 Å². The van der Waals surface area contributed by atoms with Gasteiger partial charge in [0.1, 0.15) is 9.75 Å². The Hall–Kier alpha value is -2.37. The lowest BCUT2D eigenvalue weighted by Crippen LogP contribution is -2.30. The third kappa shape index (κ3) is 4.05. The lowest BCUT2D eigenvalue weighted by Gasteiger charge is -2.21. The summed E-state index contributed by atoms with van der Waals surface area (Å²) in [4.78, 5) is 37.1. The number of halogens is 2. The highest BCUT2D eigenvalue weighted by atomic mass is 35.5. The lowest BCUT2D eigenvalue weighted by atomic mass is 10.1. The summed E-state index contributed by atoms with van der Waals surface area (Å²) in [6.45, 7) is 3.04. The summed E-state index contributed by atoms with van der Waals surface area (Å²) >= 11 is 12.1. The van der Waals surface area contributed by atoms with Crippen LogP contribution in [0.5, 0.6) is 0 Å². The zero-order valence-corrected chi connectivity index (χ0v) is 16.9. The van der Waals surface area contributed by atoms with E-state index in [1.165, 1.54) is 6.92 Å². The molecule has 2 aromatic rings. The Morgan fingerprint density at radius 1 is 1.07 bits per heavy atom. The molecule has 0 aromatic heterocycles. The van der Waals surface area contributed by atoms with E-state index in [4.69, 9.17) is 27.9 Å². The summed E-state index contributed by atoms with van der Waals surface area (Å²) in [5.41, 5.74) is 0.342. The highest BCUT2D eigenvalue weighted by molar-refractivity contribution is 6.53. The van der Waals surface area contributed by atoms with E-state index in [0.717, 1.165) is 0 Å². The summed E-state index contributed by atoms with van der Waals surface area (Å²) in [5.74, 6) is -1.30. The van der Waals surface area contributed by atoms with Crippen LogP contribution in [0.15, 0.2) is 54.6 Å². The monoisotopic (exact) mass is 419 g/mol. The van der Waals surface area contributed by atoms with Crippen molar-refractivity contribution in [1.29, 1.82) is 0 Å². The van der Waals surface area contributed by atoms with Gasteiger partial charge in [-0.2, -0.15) is 0 Å². The molecule has 2 atom stereocenters. The number of rotatable bonds is 6. The van der Waals surface area contributed by atoms with Gasteiger partial charge >= 0.3 is 5.97 Å². The van der Waals surface area contributed by atoms with E-state index < -0.39 is 27.7 Å². The van der Waals surface area contributed by atoms with E-state index >= 15 is 0 Å². The third-order valence-corrected chi connectivity index (χ3v) is 5.91. The van der Waals surface area contributed by atoms with Gasteiger partial charge in [-0.25, -0.2) is 0 Å². The number of carbonyl (C=O) groups excluding carboxylic acids is 3. The van der Waals surface area contributed by atoms with Crippen molar-refractivity contribution in [3.8, 4) is 0 Å². The molecule has 28 heavy (non-hydrogen) atoms. The highest BCUT2D eigenvalue weighted by Crippen LogP contribution is 2.64. The molecule has 1 aliphatic carbocycles. The van der Waals surface area contributed by atoms with Crippen molar-refractivity contribution in [3.63, 3.8) is 0 Å². The van der Waals surface area contributed by atoms with Crippen LogP contribution in [0.1, 0.15) is 42.3 Å². The maximum Gasteiger partial charge on any atom is 0.316 e. The molecule has 2 unspecified atom stereocenters. The number of Topliss-reactive ketones (excluding diaryl/α,β-unsaturated/α-hetero) is 1. The van der Waals surface area contributed by atoms with Crippen LogP contribution in [0, 0.1) is 5.41 Å². The predicted molar refractivity (Wildman–Crippen MR) is 108 cm³/mol. The molecule has 1 N–H and O–H groups in total. The van der Waals surface area contributed by atoms with Crippen LogP contribution in [0.2, 0.25) is 0 Å². The number of anilines is 1. The van der Waals surface area contributed by atoms with E-state index in [-0.39, 0.29) is 12.2 Å². The summed E-state index contributed by atoms with van der Waals surface area (Å²) in [6, 6.07) is 15.2. The molecule has 0 radical (unpaired) electrons. The minimum atomic E-state index is -1.20. The zero-order valence-electron chi connectivity index (χ0n) is 15.4. The fraction of sp³-hybridized carbons (Fsp3) is 0.286. The third-order valence-electron chi connectivity index (χ3n) is 4.81. The van der Waals surface area contributed by atoms with Gasteiger partial charge < -0.3 is 10.1 Å². The van der Waals surface area contributed by atoms with Gasteiger partial charge in [0.2, 0.25) is 6.10 Å². The average Bonchev–Trinajstić information content (AvgIpc) is 3.19. The molecular formula is C21H19Cl2NO4. The average molecular weight is 420 g/mol. The Bertz CT molecular complexity index is 929. The number of ketones is 1. The molecule has 3 rings (SSSR count). The number of esters is 1. The molecule has 7 heteroatoms. The minimum absolute atomic E-state index is 0.121. The fourth-order valence-corrected chi connectivity index (χ4v) is 3.47. The Morgan fingerprint density at radius 3 is 2.29 bits per heavy atom. The van der Waals surface area contributed by atoms with E-state index in [0.29, 0.717) is 16.8 Å². The van der Waals surface area contributed by atoms with Crippen LogP contribution in [0.4, 0.5) is 5.69 Å². The van der Waals surface area contributed by atoms with Gasteiger partial charge in [0.25, 0.3) is 5.91 Å². The van der Waals surface area contributed by atoms with Crippen LogP contribution in [0.25, 0.3) is 0 Å². The van der Waals surface area contributed by atoms with E-state index in [1.54, 1.807) is 61.5 Å². The molecule has 146 valence electrons. The highest BCUT2D eigenvalue weighted by Gasteiger charge is 2.69. The maximum absolute atomic E-state index is 12.9. The number of carbonyl (C=O) groups is 3. The van der Waals surface area contributed by atoms with Crippen molar-refractivity contribution in [2.75, 3.05) is 5.32 Å². The van der Waals surface area contributed by atoms with Gasteiger partial charge in [-0.05, 0) is 26.0 Å². The molecule has 2 aromatic carbocycles. The van der Waals surface area contributed by atoms with E-state index in [2.05, 4.69) is 5.32 Å². The molecule has 1 amide bonds. The van der Waals surface area contributed by atoms with Crippen LogP contribution in [0.3, 0.4) is 0 Å². The Kier molecular flexibility index (Phi) is 5.50. The Balaban J connectivity index is 1.83. The molecule has 0 heterocycles. The van der Waals surface area contributed by atoms with Crippen LogP contribution in [-0.4, -0.2) is 22.0 Å². The van der Waals surface area contributed by atoms with Gasteiger partial charge in [-0.3, -0.25) is 14.4 Å². The second-order valence-electron chi connectivity index (χ2n) is 7.04. The standard InChI is InChI=1S/C21H19Cl2NO4/c1-13(25)15-9-6-10-16(11-15)24-18(26)17(14-7-4-3-5-8-14)28-19(27)20(2)12-21(20,22)23/h3-11,17H,12H2,1-2H3,(H,24,26). The number of ether oxygens (including phenoxy) is 1. The van der Waals surface area contributed by atoms with Crippen LogP contribution >= 0.6 is 23.2 Å². The maximum atomic E-state index is 12.9. The number of alkyl halides is 2. The van der Waals surface area contributed by atoms with Crippen molar-refractivity contribution in [3.05, 3.63) is 65.7 Å². The number of nitrogens with one attached hydrogen (secondary N) is 1. The van der Waals surface area contributed by atoms with Gasteiger partial charge in [0.15, 0.2) is 5.78 Å². The van der Waals surface area contributed by atoms with Crippen molar-refractivity contribution < 1.29 is 19.1 Å². The molecule has 0 saturated heterocycles. The quantitative estimate of drug-likeness (QED) is 0.418. The molecular weight excluding hydrogens is 401 g/mol. The molecule has 0 aliphatic heterocycles. The van der Waals surface area contributed by atoms with Gasteiger partial charge in [0.05, 0.1) is 0 Å². The first-order chi connectivity index (χ1) is 13.1. The molecule has 0 bridgehead atoms. The summed E-state index contributed by atoms with van der Waals surface area (Å²) in [5, 5.41) is 2.70. The van der Waals surface area contributed by atoms with Crippen molar-refractivity contribution in [2.24, 2.45) is 5.41 Å². The first-order valence-corrected chi connectivity index (χ1v) is 9.45. The lowest BCUT2D eigenvalue weighted by molar-refractivity contribution is -0.159. The summed E-state index contributed by atoms with van der Waals surface area (Å²) < 4.78 is 4.33. The van der Waals surface area contributed by atoms with Crippen molar-refractivity contribution in [2.45, 2.75) is 30.7 Å². The number of hydrogen-bond donors (Lipinski definition) is 1. The van der Waals surface area contributed by atoms with Crippen molar-refractivity contribution in [1.82, 2.24) is 0 Å². The Labute approximate surface area is 173 Å². The number of hydrogen-bond acceptors (Lipinski definition) is 4. The minimum Gasteiger partial charge on any atom is -0.447 e. The summed E-state index contributed by atoms with van der Waals surface area (Å²) in [6.07, 6.45) is -0.928. The predicted octanol–water partition coefficient (Wildman–Crippen LogP) is 4.70. The number of amides is 1. The largest absolute Gasteiger partial charge is 0.447 e. The fourth-order valence-electron chi connectivity index (χ4n) is 2.78. The molecule has 1 saturated carbocycles. The SMILES string of the molecule is CC(=O)c1cccc(NC(=O)C(OC(=O)C2(C)CC2(Cl)Cl)c2ccccc2)c1. The van der Waals surface area contributed by atoms with Crippen LogP contribution < -0.4 is 5.32 Å².